The Kier molecular flexibility index (Phi) is 3.96. The lowest BCUT2D eigenvalue weighted by Crippen LogP contribution is -2.45. The first-order valence-electron chi connectivity index (χ1n) is 5.58. The quantitative estimate of drug-likeness (QED) is 0.904. The molecule has 0 bridgehead atoms. The third-order valence-corrected chi connectivity index (χ3v) is 3.43. The molecule has 1 aliphatic rings. The lowest BCUT2D eigenvalue weighted by Gasteiger charge is -2.26. The van der Waals surface area contributed by atoms with Crippen LogP contribution in [0.5, 0.6) is 0 Å². The van der Waals surface area contributed by atoms with Gasteiger partial charge in [0.1, 0.15) is 0 Å². The third kappa shape index (κ3) is 2.83. The van der Waals surface area contributed by atoms with Gasteiger partial charge in [-0.1, -0.05) is 18.6 Å². The molecule has 3 nitrogen and oxygen atoms in total. The van der Waals surface area contributed by atoms with Crippen molar-refractivity contribution < 1.29 is 4.79 Å². The first kappa shape index (κ1) is 11.6. The molecule has 4 heteroatoms. The second kappa shape index (κ2) is 5.46. The van der Waals surface area contributed by atoms with Gasteiger partial charge < -0.3 is 0 Å². The summed E-state index contributed by atoms with van der Waals surface area (Å²) in [6, 6.07) is 7.48. The SMILES string of the molecule is O=C(NN1CCCCC1)c1ccccc1Br. The van der Waals surface area contributed by atoms with Gasteiger partial charge >= 0.3 is 0 Å². The lowest BCUT2D eigenvalue weighted by molar-refractivity contribution is 0.0749. The normalized spacial score (nSPS) is 17.1. The van der Waals surface area contributed by atoms with Crippen molar-refractivity contribution in [1.82, 2.24) is 10.4 Å². The number of carbonyl (C=O) groups is 1. The van der Waals surface area contributed by atoms with Gasteiger partial charge in [-0.15, -0.1) is 0 Å². The van der Waals surface area contributed by atoms with Crippen LogP contribution in [0, 0.1) is 0 Å². The van der Waals surface area contributed by atoms with Crippen LogP contribution < -0.4 is 5.43 Å². The van der Waals surface area contributed by atoms with E-state index in [1.54, 1.807) is 0 Å². The van der Waals surface area contributed by atoms with E-state index in [1.807, 2.05) is 29.3 Å². The second-order valence-electron chi connectivity index (χ2n) is 3.97. The third-order valence-electron chi connectivity index (χ3n) is 2.73. The van der Waals surface area contributed by atoms with Gasteiger partial charge in [-0.05, 0) is 40.9 Å². The molecule has 0 spiro atoms. The summed E-state index contributed by atoms with van der Waals surface area (Å²) in [6.45, 7) is 1.91. The molecule has 0 unspecified atom stereocenters. The van der Waals surface area contributed by atoms with E-state index in [2.05, 4.69) is 21.4 Å². The number of nitrogens with one attached hydrogen (secondary N) is 1. The number of halogens is 1. The Bertz CT molecular complexity index is 375. The van der Waals surface area contributed by atoms with Crippen molar-refractivity contribution in [1.29, 1.82) is 0 Å². The Hall–Kier alpha value is -0.870. The van der Waals surface area contributed by atoms with Gasteiger partial charge in [-0.2, -0.15) is 0 Å². The summed E-state index contributed by atoms with van der Waals surface area (Å²) >= 11 is 3.38. The smallest absolute Gasteiger partial charge is 0.266 e. The minimum Gasteiger partial charge on any atom is -0.285 e. The molecule has 1 N–H and O–H groups in total. The molecule has 1 fully saturated rings. The minimum absolute atomic E-state index is 0.0330. The molecular formula is C12H15BrN2O. The molecule has 86 valence electrons. The predicted molar refractivity (Wildman–Crippen MR) is 67.0 cm³/mol. The molecule has 1 aromatic carbocycles. The molecule has 0 atom stereocenters. The second-order valence-corrected chi connectivity index (χ2v) is 4.82. The van der Waals surface area contributed by atoms with E-state index in [0.717, 1.165) is 30.4 Å². The summed E-state index contributed by atoms with van der Waals surface area (Å²) < 4.78 is 0.838. The molecule has 0 aliphatic carbocycles. The molecule has 1 heterocycles. The monoisotopic (exact) mass is 282 g/mol. The van der Waals surface area contributed by atoms with E-state index in [4.69, 9.17) is 0 Å². The maximum atomic E-state index is 12.0. The van der Waals surface area contributed by atoms with Crippen LogP contribution in [0.25, 0.3) is 0 Å². The van der Waals surface area contributed by atoms with Gasteiger partial charge in [-0.3, -0.25) is 10.2 Å². The first-order valence-corrected chi connectivity index (χ1v) is 6.37. The average molecular weight is 283 g/mol. The van der Waals surface area contributed by atoms with Crippen molar-refractivity contribution in [2.75, 3.05) is 13.1 Å². The number of nitrogens with zero attached hydrogens (tertiary/aromatic N) is 1. The fourth-order valence-electron chi connectivity index (χ4n) is 1.85. The van der Waals surface area contributed by atoms with Gasteiger partial charge in [-0.25, -0.2) is 5.01 Å². The van der Waals surface area contributed by atoms with Crippen LogP contribution in [-0.2, 0) is 0 Å². The Balaban J connectivity index is 2.00. The van der Waals surface area contributed by atoms with Crippen LogP contribution in [0.15, 0.2) is 28.7 Å². The van der Waals surface area contributed by atoms with Crippen molar-refractivity contribution in [3.63, 3.8) is 0 Å². The van der Waals surface area contributed by atoms with E-state index >= 15 is 0 Å². The van der Waals surface area contributed by atoms with Crippen LogP contribution in [0.2, 0.25) is 0 Å². The molecule has 1 aliphatic heterocycles. The molecule has 16 heavy (non-hydrogen) atoms. The van der Waals surface area contributed by atoms with Gasteiger partial charge in [0.2, 0.25) is 0 Å². The zero-order valence-electron chi connectivity index (χ0n) is 9.08. The van der Waals surface area contributed by atoms with E-state index in [-0.39, 0.29) is 5.91 Å². The van der Waals surface area contributed by atoms with Gasteiger partial charge in [0.15, 0.2) is 0 Å². The molecule has 1 saturated heterocycles. The molecule has 0 saturated carbocycles. The Labute approximate surface area is 104 Å². The minimum atomic E-state index is -0.0330. The first-order chi connectivity index (χ1) is 7.77. The topological polar surface area (TPSA) is 32.3 Å². The number of benzene rings is 1. The summed E-state index contributed by atoms with van der Waals surface area (Å²) in [5.74, 6) is -0.0330. The number of carbonyl (C=O) groups excluding carboxylic acids is 1. The molecule has 0 radical (unpaired) electrons. The molecular weight excluding hydrogens is 268 g/mol. The van der Waals surface area contributed by atoms with Crippen molar-refractivity contribution >= 4 is 21.8 Å². The Morgan fingerprint density at radius 1 is 1.19 bits per heavy atom. The number of amides is 1. The largest absolute Gasteiger partial charge is 0.285 e. The van der Waals surface area contributed by atoms with E-state index < -0.39 is 0 Å². The van der Waals surface area contributed by atoms with Crippen LogP contribution in [0.1, 0.15) is 29.6 Å². The number of hydrogen-bond donors (Lipinski definition) is 1. The summed E-state index contributed by atoms with van der Waals surface area (Å²) in [5, 5.41) is 2.01. The molecule has 0 aromatic heterocycles. The fraction of sp³-hybridized carbons (Fsp3) is 0.417. The highest BCUT2D eigenvalue weighted by atomic mass is 79.9. The summed E-state index contributed by atoms with van der Waals surface area (Å²) in [6.07, 6.45) is 3.59. The van der Waals surface area contributed by atoms with Crippen molar-refractivity contribution in [3.8, 4) is 0 Å². The van der Waals surface area contributed by atoms with Gasteiger partial charge in [0, 0.05) is 17.6 Å². The van der Waals surface area contributed by atoms with Crippen LogP contribution in [0.3, 0.4) is 0 Å². The van der Waals surface area contributed by atoms with E-state index in [0.29, 0.717) is 5.56 Å². The number of piperidine rings is 1. The summed E-state index contributed by atoms with van der Waals surface area (Å²) in [5.41, 5.74) is 3.63. The molecule has 1 aromatic rings. The maximum Gasteiger partial charge on any atom is 0.266 e. The highest BCUT2D eigenvalue weighted by Crippen LogP contribution is 2.16. The van der Waals surface area contributed by atoms with Crippen LogP contribution in [-0.4, -0.2) is 24.0 Å². The van der Waals surface area contributed by atoms with Gasteiger partial charge in [0.05, 0.1) is 5.56 Å². The maximum absolute atomic E-state index is 12.0. The Morgan fingerprint density at radius 2 is 1.88 bits per heavy atom. The van der Waals surface area contributed by atoms with E-state index in [9.17, 15) is 4.79 Å². The lowest BCUT2D eigenvalue weighted by atomic mass is 10.1. The fourth-order valence-corrected chi connectivity index (χ4v) is 2.32. The molecule has 1 amide bonds. The van der Waals surface area contributed by atoms with Crippen molar-refractivity contribution in [2.45, 2.75) is 19.3 Å². The summed E-state index contributed by atoms with van der Waals surface area (Å²) in [7, 11) is 0. The van der Waals surface area contributed by atoms with Crippen molar-refractivity contribution in [2.24, 2.45) is 0 Å². The number of rotatable bonds is 2. The van der Waals surface area contributed by atoms with Gasteiger partial charge in [0.25, 0.3) is 5.91 Å². The zero-order chi connectivity index (χ0) is 11.4. The average Bonchev–Trinajstić information content (AvgIpc) is 2.31. The predicted octanol–water partition coefficient (Wildman–Crippen LogP) is 2.58. The zero-order valence-corrected chi connectivity index (χ0v) is 10.7. The highest BCUT2D eigenvalue weighted by Gasteiger charge is 2.15. The summed E-state index contributed by atoms with van der Waals surface area (Å²) in [4.78, 5) is 12.0. The van der Waals surface area contributed by atoms with Crippen LogP contribution >= 0.6 is 15.9 Å². The van der Waals surface area contributed by atoms with E-state index in [1.165, 1.54) is 6.42 Å². The standard InChI is InChI=1S/C12H15BrN2O/c13-11-7-3-2-6-10(11)12(16)14-15-8-4-1-5-9-15/h2-3,6-7H,1,4-5,8-9H2,(H,14,16). The van der Waals surface area contributed by atoms with Crippen molar-refractivity contribution in [3.05, 3.63) is 34.3 Å². The number of hydrogen-bond acceptors (Lipinski definition) is 2. The van der Waals surface area contributed by atoms with Crippen LogP contribution in [0.4, 0.5) is 0 Å². The number of hydrazine groups is 1. The highest BCUT2D eigenvalue weighted by molar-refractivity contribution is 9.10. The molecule has 2 rings (SSSR count). The Morgan fingerprint density at radius 3 is 2.56 bits per heavy atom.